The molecule has 0 radical (unpaired) electrons. The Morgan fingerprint density at radius 1 is 1.38 bits per heavy atom. The number of aromatic nitrogens is 1. The average molecular weight is 221 g/mol. The number of rotatable bonds is 4. The van der Waals surface area contributed by atoms with Crippen LogP contribution in [0.15, 0.2) is 18.3 Å². The first kappa shape index (κ1) is 13.0. The minimum atomic E-state index is 0.330. The maximum atomic E-state index is 4.31. The molecule has 1 N–H and O–H groups in total. The lowest BCUT2D eigenvalue weighted by atomic mass is 9.96. The summed E-state index contributed by atoms with van der Waals surface area (Å²) in [6, 6.07) is 4.11. The molecule has 0 aliphatic rings. The predicted octanol–water partition coefficient (Wildman–Crippen LogP) is 2.60. The first-order valence-electron chi connectivity index (χ1n) is 5.72. The maximum absolute atomic E-state index is 4.31. The van der Waals surface area contributed by atoms with Gasteiger partial charge in [-0.2, -0.15) is 0 Å². The van der Waals surface area contributed by atoms with Crippen LogP contribution < -0.4 is 5.32 Å². The lowest BCUT2D eigenvalue weighted by Crippen LogP contribution is -2.29. The lowest BCUT2D eigenvalue weighted by Gasteiger charge is -2.26. The SMILES string of the molecule is CNc1ncccc1CN(C)CC(C)(C)C. The predicted molar refractivity (Wildman–Crippen MR) is 69.6 cm³/mol. The van der Waals surface area contributed by atoms with Crippen LogP contribution in [0, 0.1) is 5.41 Å². The molecule has 0 unspecified atom stereocenters. The molecule has 1 aromatic heterocycles. The van der Waals surface area contributed by atoms with Gasteiger partial charge in [-0.1, -0.05) is 26.8 Å². The number of hydrogen-bond acceptors (Lipinski definition) is 3. The monoisotopic (exact) mass is 221 g/mol. The van der Waals surface area contributed by atoms with Gasteiger partial charge in [0, 0.05) is 31.9 Å². The Morgan fingerprint density at radius 2 is 2.06 bits per heavy atom. The third-order valence-corrected chi connectivity index (χ3v) is 2.31. The zero-order chi connectivity index (χ0) is 12.2. The zero-order valence-electron chi connectivity index (χ0n) is 11.0. The van der Waals surface area contributed by atoms with Crippen molar-refractivity contribution in [1.82, 2.24) is 9.88 Å². The van der Waals surface area contributed by atoms with Crippen molar-refractivity contribution in [3.8, 4) is 0 Å². The van der Waals surface area contributed by atoms with Crippen LogP contribution in [-0.4, -0.2) is 30.5 Å². The van der Waals surface area contributed by atoms with Gasteiger partial charge in [-0.15, -0.1) is 0 Å². The van der Waals surface area contributed by atoms with E-state index in [2.05, 4.69) is 49.1 Å². The summed E-state index contributed by atoms with van der Waals surface area (Å²) >= 11 is 0. The zero-order valence-corrected chi connectivity index (χ0v) is 11.0. The van der Waals surface area contributed by atoms with E-state index in [1.165, 1.54) is 5.56 Å². The fourth-order valence-electron chi connectivity index (χ4n) is 1.95. The first-order valence-corrected chi connectivity index (χ1v) is 5.72. The molecule has 1 aromatic rings. The molecule has 0 fully saturated rings. The van der Waals surface area contributed by atoms with Gasteiger partial charge in [-0.05, 0) is 18.5 Å². The fraction of sp³-hybridized carbons (Fsp3) is 0.615. The normalized spacial score (nSPS) is 11.9. The van der Waals surface area contributed by atoms with Gasteiger partial charge in [0.25, 0.3) is 0 Å². The van der Waals surface area contributed by atoms with Crippen LogP contribution in [-0.2, 0) is 6.54 Å². The van der Waals surface area contributed by atoms with Gasteiger partial charge in [-0.25, -0.2) is 4.98 Å². The van der Waals surface area contributed by atoms with Crippen molar-refractivity contribution >= 4 is 5.82 Å². The summed E-state index contributed by atoms with van der Waals surface area (Å²) in [6.07, 6.45) is 1.82. The van der Waals surface area contributed by atoms with Gasteiger partial charge in [0.15, 0.2) is 0 Å². The van der Waals surface area contributed by atoms with Gasteiger partial charge < -0.3 is 10.2 Å². The third kappa shape index (κ3) is 4.19. The molecule has 3 heteroatoms. The molecule has 0 amide bonds. The van der Waals surface area contributed by atoms with E-state index in [1.807, 2.05) is 19.3 Å². The van der Waals surface area contributed by atoms with Gasteiger partial charge in [-0.3, -0.25) is 0 Å². The molecule has 1 heterocycles. The molecule has 0 aliphatic heterocycles. The van der Waals surface area contributed by atoms with Gasteiger partial charge in [0.05, 0.1) is 0 Å². The van der Waals surface area contributed by atoms with Crippen molar-refractivity contribution in [2.75, 3.05) is 26.0 Å². The van der Waals surface area contributed by atoms with E-state index in [9.17, 15) is 0 Å². The van der Waals surface area contributed by atoms with Crippen LogP contribution in [0.5, 0.6) is 0 Å². The van der Waals surface area contributed by atoms with Crippen LogP contribution in [0.3, 0.4) is 0 Å². The Kier molecular flexibility index (Phi) is 4.30. The molecule has 0 aromatic carbocycles. The van der Waals surface area contributed by atoms with Crippen molar-refractivity contribution in [2.45, 2.75) is 27.3 Å². The van der Waals surface area contributed by atoms with Gasteiger partial charge in [0.2, 0.25) is 0 Å². The van der Waals surface area contributed by atoms with Crippen molar-refractivity contribution in [3.63, 3.8) is 0 Å². The quantitative estimate of drug-likeness (QED) is 0.847. The summed E-state index contributed by atoms with van der Waals surface area (Å²) in [4.78, 5) is 6.64. The fourth-order valence-corrected chi connectivity index (χ4v) is 1.95. The van der Waals surface area contributed by atoms with Gasteiger partial charge >= 0.3 is 0 Å². The highest BCUT2D eigenvalue weighted by Crippen LogP contribution is 2.18. The van der Waals surface area contributed by atoms with E-state index in [1.54, 1.807) is 0 Å². The molecule has 1 rings (SSSR count). The van der Waals surface area contributed by atoms with E-state index in [0.717, 1.165) is 18.9 Å². The van der Waals surface area contributed by atoms with Crippen LogP contribution in [0.1, 0.15) is 26.3 Å². The highest BCUT2D eigenvalue weighted by Gasteiger charge is 2.14. The molecular weight excluding hydrogens is 198 g/mol. The Bertz CT molecular complexity index is 328. The number of nitrogens with zero attached hydrogens (tertiary/aromatic N) is 2. The van der Waals surface area contributed by atoms with E-state index in [-0.39, 0.29) is 0 Å². The van der Waals surface area contributed by atoms with Crippen LogP contribution in [0.2, 0.25) is 0 Å². The minimum Gasteiger partial charge on any atom is -0.373 e. The molecule has 0 aliphatic carbocycles. The average Bonchev–Trinajstić information content (AvgIpc) is 2.15. The molecule has 0 saturated carbocycles. The number of anilines is 1. The molecule has 0 atom stereocenters. The van der Waals surface area contributed by atoms with Crippen LogP contribution >= 0.6 is 0 Å². The molecule has 90 valence electrons. The molecule has 0 bridgehead atoms. The van der Waals surface area contributed by atoms with E-state index >= 15 is 0 Å². The van der Waals surface area contributed by atoms with Gasteiger partial charge in [0.1, 0.15) is 5.82 Å². The molecule has 3 nitrogen and oxygen atoms in total. The van der Waals surface area contributed by atoms with Crippen molar-refractivity contribution in [2.24, 2.45) is 5.41 Å². The summed E-state index contributed by atoms with van der Waals surface area (Å²) in [5.74, 6) is 0.975. The number of pyridine rings is 1. The van der Waals surface area contributed by atoms with Crippen LogP contribution in [0.25, 0.3) is 0 Å². The Balaban J connectivity index is 2.65. The highest BCUT2D eigenvalue weighted by molar-refractivity contribution is 5.42. The smallest absolute Gasteiger partial charge is 0.130 e. The topological polar surface area (TPSA) is 28.2 Å². The number of hydrogen-bond donors (Lipinski definition) is 1. The summed E-state index contributed by atoms with van der Waals surface area (Å²) in [7, 11) is 4.06. The molecule has 0 spiro atoms. The third-order valence-electron chi connectivity index (χ3n) is 2.31. The summed E-state index contributed by atoms with van der Waals surface area (Å²) in [5, 5.41) is 3.13. The van der Waals surface area contributed by atoms with Crippen molar-refractivity contribution in [1.29, 1.82) is 0 Å². The lowest BCUT2D eigenvalue weighted by molar-refractivity contribution is 0.221. The standard InChI is InChI=1S/C13H23N3/c1-13(2,3)10-16(5)9-11-7-6-8-15-12(11)14-4/h6-8H,9-10H2,1-5H3,(H,14,15). The number of nitrogens with one attached hydrogen (secondary N) is 1. The Hall–Kier alpha value is -1.09. The van der Waals surface area contributed by atoms with E-state index < -0.39 is 0 Å². The minimum absolute atomic E-state index is 0.330. The van der Waals surface area contributed by atoms with Crippen molar-refractivity contribution < 1.29 is 0 Å². The molecular formula is C13H23N3. The molecule has 0 saturated heterocycles. The van der Waals surface area contributed by atoms with Crippen molar-refractivity contribution in [3.05, 3.63) is 23.9 Å². The highest BCUT2D eigenvalue weighted by atomic mass is 15.1. The maximum Gasteiger partial charge on any atom is 0.130 e. The second-order valence-electron chi connectivity index (χ2n) is 5.49. The van der Waals surface area contributed by atoms with E-state index in [4.69, 9.17) is 0 Å². The van der Waals surface area contributed by atoms with Crippen LogP contribution in [0.4, 0.5) is 5.82 Å². The second kappa shape index (κ2) is 5.30. The Labute approximate surface area is 98.9 Å². The van der Waals surface area contributed by atoms with E-state index in [0.29, 0.717) is 5.41 Å². The second-order valence-corrected chi connectivity index (χ2v) is 5.49. The molecule has 16 heavy (non-hydrogen) atoms. The first-order chi connectivity index (χ1) is 7.42. The summed E-state index contributed by atoms with van der Waals surface area (Å²) in [6.45, 7) is 8.77. The largest absolute Gasteiger partial charge is 0.373 e. The Morgan fingerprint density at radius 3 is 2.62 bits per heavy atom. The summed E-state index contributed by atoms with van der Waals surface area (Å²) < 4.78 is 0. The summed E-state index contributed by atoms with van der Waals surface area (Å²) in [5.41, 5.74) is 1.58.